The summed E-state index contributed by atoms with van der Waals surface area (Å²) in [5, 5.41) is 0. The van der Waals surface area contributed by atoms with Crippen molar-refractivity contribution in [2.45, 2.75) is 32.1 Å². The van der Waals surface area contributed by atoms with Gasteiger partial charge in [-0.25, -0.2) is 4.79 Å². The predicted molar refractivity (Wildman–Crippen MR) is 54.8 cm³/mol. The first-order chi connectivity index (χ1) is 7.26. The van der Waals surface area contributed by atoms with E-state index in [1.54, 1.807) is 0 Å². The van der Waals surface area contributed by atoms with Crippen molar-refractivity contribution in [1.82, 2.24) is 0 Å². The van der Waals surface area contributed by atoms with Crippen molar-refractivity contribution in [3.63, 3.8) is 0 Å². The van der Waals surface area contributed by atoms with Crippen molar-refractivity contribution < 1.29 is 14.3 Å². The zero-order valence-electron chi connectivity index (χ0n) is 8.99. The van der Waals surface area contributed by atoms with E-state index >= 15 is 0 Å². The van der Waals surface area contributed by atoms with Gasteiger partial charge in [-0.3, -0.25) is 4.79 Å². The summed E-state index contributed by atoms with van der Waals surface area (Å²) in [6.45, 7) is 0. The molecule has 0 spiro atoms. The Bertz CT molecular complexity index is 315. The van der Waals surface area contributed by atoms with Crippen LogP contribution in [-0.4, -0.2) is 19.0 Å². The summed E-state index contributed by atoms with van der Waals surface area (Å²) in [5.41, 5.74) is 0.630. The minimum atomic E-state index is -0.313. The van der Waals surface area contributed by atoms with Crippen LogP contribution in [-0.2, 0) is 14.3 Å². The van der Waals surface area contributed by atoms with Crippen LogP contribution in [0.3, 0.4) is 0 Å². The van der Waals surface area contributed by atoms with Crippen LogP contribution in [0.25, 0.3) is 0 Å². The standard InChI is InChI=1S/C12H16O3/c1-15-12(14)11-6-9-4-2-3-8(9)5-10(11)7-13/h8-9,11H,2-6H2,1H3. The van der Waals surface area contributed by atoms with Gasteiger partial charge in [-0.2, -0.15) is 0 Å². The normalized spacial score (nSPS) is 34.5. The quantitative estimate of drug-likeness (QED) is 0.487. The van der Waals surface area contributed by atoms with Gasteiger partial charge in [-0.15, -0.1) is 0 Å². The van der Waals surface area contributed by atoms with E-state index in [0.29, 0.717) is 17.4 Å². The summed E-state index contributed by atoms with van der Waals surface area (Å²) in [4.78, 5) is 22.3. The highest BCUT2D eigenvalue weighted by molar-refractivity contribution is 5.79. The minimum absolute atomic E-state index is 0.265. The van der Waals surface area contributed by atoms with Crippen molar-refractivity contribution in [3.8, 4) is 0 Å². The largest absolute Gasteiger partial charge is 0.469 e. The Hall–Kier alpha value is -1.08. The number of carbonyl (C=O) groups excluding carboxylic acids is 2. The van der Waals surface area contributed by atoms with E-state index in [1.807, 2.05) is 5.94 Å². The number of rotatable bonds is 1. The Morgan fingerprint density at radius 1 is 1.40 bits per heavy atom. The maximum atomic E-state index is 11.5. The fourth-order valence-corrected chi connectivity index (χ4v) is 3.06. The summed E-state index contributed by atoms with van der Waals surface area (Å²) in [5.74, 6) is 2.60. The van der Waals surface area contributed by atoms with E-state index in [-0.39, 0.29) is 11.9 Å². The van der Waals surface area contributed by atoms with E-state index in [0.717, 1.165) is 12.8 Å². The molecule has 0 N–H and O–H groups in total. The molecule has 2 saturated carbocycles. The fourth-order valence-electron chi connectivity index (χ4n) is 3.06. The number of ether oxygens (including phenoxy) is 1. The molecule has 3 nitrogen and oxygen atoms in total. The Labute approximate surface area is 89.5 Å². The van der Waals surface area contributed by atoms with Gasteiger partial charge in [0.1, 0.15) is 5.94 Å². The molecule has 0 amide bonds. The number of fused-ring (bicyclic) bond motifs is 1. The number of methoxy groups -OCH3 is 1. The van der Waals surface area contributed by atoms with Gasteiger partial charge in [0, 0.05) is 5.57 Å². The van der Waals surface area contributed by atoms with Crippen molar-refractivity contribution in [3.05, 3.63) is 5.57 Å². The van der Waals surface area contributed by atoms with Crippen LogP contribution in [0.5, 0.6) is 0 Å². The first-order valence-corrected chi connectivity index (χ1v) is 5.58. The fraction of sp³-hybridized carbons (Fsp3) is 0.750. The molecule has 0 radical (unpaired) electrons. The van der Waals surface area contributed by atoms with Crippen LogP contribution >= 0.6 is 0 Å². The van der Waals surface area contributed by atoms with E-state index < -0.39 is 0 Å². The SMILES string of the molecule is COC(=O)C1CC2CCCC2CC1=C=O. The van der Waals surface area contributed by atoms with Gasteiger partial charge in [-0.1, -0.05) is 12.8 Å². The van der Waals surface area contributed by atoms with Crippen LogP contribution in [0.1, 0.15) is 32.1 Å². The zero-order chi connectivity index (χ0) is 10.8. The van der Waals surface area contributed by atoms with Gasteiger partial charge >= 0.3 is 5.97 Å². The lowest BCUT2D eigenvalue weighted by atomic mass is 9.73. The molecule has 15 heavy (non-hydrogen) atoms. The molecule has 3 heteroatoms. The third kappa shape index (κ3) is 1.84. The Morgan fingerprint density at radius 2 is 2.13 bits per heavy atom. The lowest BCUT2D eigenvalue weighted by Crippen LogP contribution is -2.29. The lowest BCUT2D eigenvalue weighted by Gasteiger charge is -2.30. The second-order valence-corrected chi connectivity index (χ2v) is 4.59. The lowest BCUT2D eigenvalue weighted by molar-refractivity contribution is -0.145. The second kappa shape index (κ2) is 4.19. The van der Waals surface area contributed by atoms with Crippen molar-refractivity contribution in [2.24, 2.45) is 17.8 Å². The summed E-state index contributed by atoms with van der Waals surface area (Å²) < 4.78 is 4.73. The molecule has 3 unspecified atom stereocenters. The minimum Gasteiger partial charge on any atom is -0.469 e. The van der Waals surface area contributed by atoms with Crippen molar-refractivity contribution in [1.29, 1.82) is 0 Å². The molecule has 3 atom stereocenters. The van der Waals surface area contributed by atoms with Crippen LogP contribution in [0.4, 0.5) is 0 Å². The smallest absolute Gasteiger partial charge is 0.313 e. The Morgan fingerprint density at radius 3 is 2.80 bits per heavy atom. The van der Waals surface area contributed by atoms with Gasteiger partial charge < -0.3 is 4.74 Å². The van der Waals surface area contributed by atoms with Crippen LogP contribution in [0.2, 0.25) is 0 Å². The molecule has 0 aromatic rings. The van der Waals surface area contributed by atoms with Crippen LogP contribution in [0, 0.1) is 17.8 Å². The van der Waals surface area contributed by atoms with Crippen LogP contribution < -0.4 is 0 Å². The summed E-state index contributed by atoms with van der Waals surface area (Å²) >= 11 is 0. The number of carbonyl (C=O) groups is 1. The molecular formula is C12H16O3. The van der Waals surface area contributed by atoms with E-state index in [4.69, 9.17) is 4.74 Å². The highest BCUT2D eigenvalue weighted by Gasteiger charge is 2.40. The highest BCUT2D eigenvalue weighted by atomic mass is 16.5. The molecule has 82 valence electrons. The van der Waals surface area contributed by atoms with Crippen molar-refractivity contribution in [2.75, 3.05) is 7.11 Å². The van der Waals surface area contributed by atoms with Crippen LogP contribution in [0.15, 0.2) is 5.57 Å². The third-order valence-corrected chi connectivity index (χ3v) is 3.87. The maximum Gasteiger partial charge on any atom is 0.313 e. The van der Waals surface area contributed by atoms with Gasteiger partial charge in [-0.05, 0) is 31.1 Å². The zero-order valence-corrected chi connectivity index (χ0v) is 8.99. The van der Waals surface area contributed by atoms with Gasteiger partial charge in [0.25, 0.3) is 0 Å². The summed E-state index contributed by atoms with van der Waals surface area (Å²) in [6, 6.07) is 0. The Balaban J connectivity index is 2.16. The summed E-state index contributed by atoms with van der Waals surface area (Å²) in [7, 11) is 1.38. The molecule has 0 aromatic heterocycles. The predicted octanol–water partition coefficient (Wildman–Crippen LogP) is 1.74. The average Bonchev–Trinajstić information content (AvgIpc) is 2.73. The monoisotopic (exact) mass is 208 g/mol. The van der Waals surface area contributed by atoms with Gasteiger partial charge in [0.2, 0.25) is 0 Å². The Kier molecular flexibility index (Phi) is 2.92. The topological polar surface area (TPSA) is 43.4 Å². The first-order valence-electron chi connectivity index (χ1n) is 5.58. The third-order valence-electron chi connectivity index (χ3n) is 3.87. The molecule has 2 rings (SSSR count). The molecule has 0 aromatic carbocycles. The average molecular weight is 208 g/mol. The first kappa shape index (κ1) is 10.4. The number of esters is 1. The molecule has 2 aliphatic carbocycles. The number of hydrogen-bond acceptors (Lipinski definition) is 3. The van der Waals surface area contributed by atoms with Gasteiger partial charge in [0.15, 0.2) is 0 Å². The molecule has 0 aliphatic heterocycles. The molecule has 2 aliphatic rings. The molecular weight excluding hydrogens is 192 g/mol. The molecule has 0 bridgehead atoms. The summed E-state index contributed by atoms with van der Waals surface area (Å²) in [6.07, 6.45) is 5.18. The highest BCUT2D eigenvalue weighted by Crippen LogP contribution is 2.46. The molecule has 0 heterocycles. The van der Waals surface area contributed by atoms with Crippen molar-refractivity contribution >= 4 is 11.9 Å². The molecule has 0 saturated heterocycles. The van der Waals surface area contributed by atoms with Gasteiger partial charge in [0.05, 0.1) is 13.0 Å². The second-order valence-electron chi connectivity index (χ2n) is 4.59. The van der Waals surface area contributed by atoms with E-state index in [9.17, 15) is 9.59 Å². The van der Waals surface area contributed by atoms with E-state index in [1.165, 1.54) is 26.4 Å². The maximum absolute atomic E-state index is 11.5. The molecule has 2 fully saturated rings. The number of hydrogen-bond donors (Lipinski definition) is 0. The van der Waals surface area contributed by atoms with E-state index in [2.05, 4.69) is 0 Å².